The van der Waals surface area contributed by atoms with E-state index < -0.39 is 9.84 Å². The molecule has 1 fully saturated rings. The molecule has 1 amide bonds. The molecule has 0 unspecified atom stereocenters. The molecule has 1 aromatic carbocycles. The first-order valence-electron chi connectivity index (χ1n) is 8.05. The van der Waals surface area contributed by atoms with Crippen LogP contribution < -0.4 is 10.1 Å². The average Bonchev–Trinajstić information content (AvgIpc) is 3.14. The number of methoxy groups -OCH3 is 1. The molecule has 2 heterocycles. The van der Waals surface area contributed by atoms with E-state index in [4.69, 9.17) is 4.74 Å². The second-order valence-electron chi connectivity index (χ2n) is 6.02. The molecule has 1 atom stereocenters. The molecular formula is C16H20N4O4S2. The van der Waals surface area contributed by atoms with Gasteiger partial charge in [-0.25, -0.2) is 8.42 Å². The molecule has 10 heteroatoms. The minimum atomic E-state index is -3.01. The SMILES string of the molecule is COc1ccccc1-c1nnc(SCC(=O)N[C@@H]2CCS(=O)(=O)C2)n1C. The molecule has 2 aromatic rings. The molecule has 1 N–H and O–H groups in total. The van der Waals surface area contributed by atoms with E-state index in [-0.39, 0.29) is 29.2 Å². The fraction of sp³-hybridized carbons (Fsp3) is 0.438. The third kappa shape index (κ3) is 4.18. The second-order valence-corrected chi connectivity index (χ2v) is 9.19. The van der Waals surface area contributed by atoms with E-state index in [0.717, 1.165) is 5.56 Å². The number of benzene rings is 1. The molecule has 0 radical (unpaired) electrons. The van der Waals surface area contributed by atoms with Crippen molar-refractivity contribution in [3.8, 4) is 17.1 Å². The summed E-state index contributed by atoms with van der Waals surface area (Å²) in [7, 11) is 0.412. The topological polar surface area (TPSA) is 103 Å². The first kappa shape index (κ1) is 18.7. The van der Waals surface area contributed by atoms with E-state index in [1.54, 1.807) is 11.7 Å². The summed E-state index contributed by atoms with van der Waals surface area (Å²) in [5.74, 6) is 1.43. The number of hydrogen-bond donors (Lipinski definition) is 1. The van der Waals surface area contributed by atoms with Crippen LogP contribution in [-0.4, -0.2) is 59.5 Å². The standard InChI is InChI=1S/C16H20N4O4S2/c1-20-15(12-5-3-4-6-13(12)24-2)18-19-16(20)25-9-14(21)17-11-7-8-26(22,23)10-11/h3-6,11H,7-10H2,1-2H3,(H,17,21)/t11-/m1/s1. The molecule has 0 bridgehead atoms. The van der Waals surface area contributed by atoms with Gasteiger partial charge in [-0.15, -0.1) is 10.2 Å². The highest BCUT2D eigenvalue weighted by molar-refractivity contribution is 7.99. The Bertz CT molecular complexity index is 911. The summed E-state index contributed by atoms with van der Waals surface area (Å²) < 4.78 is 30.0. The maximum Gasteiger partial charge on any atom is 0.230 e. The van der Waals surface area contributed by atoms with Crippen molar-refractivity contribution in [1.82, 2.24) is 20.1 Å². The minimum Gasteiger partial charge on any atom is -0.496 e. The van der Waals surface area contributed by atoms with Crippen LogP contribution in [-0.2, 0) is 21.7 Å². The molecule has 0 aliphatic carbocycles. The number of nitrogens with one attached hydrogen (secondary N) is 1. The Labute approximate surface area is 156 Å². The first-order valence-corrected chi connectivity index (χ1v) is 10.9. The van der Waals surface area contributed by atoms with Crippen LogP contribution in [0.1, 0.15) is 6.42 Å². The number of sulfone groups is 1. The van der Waals surface area contributed by atoms with Crippen LogP contribution in [0.5, 0.6) is 5.75 Å². The normalized spacial score (nSPS) is 18.6. The highest BCUT2D eigenvalue weighted by Gasteiger charge is 2.29. The molecule has 8 nitrogen and oxygen atoms in total. The van der Waals surface area contributed by atoms with Crippen molar-refractivity contribution in [2.75, 3.05) is 24.4 Å². The Hall–Kier alpha value is -2.07. The van der Waals surface area contributed by atoms with Crippen LogP contribution in [0.15, 0.2) is 29.4 Å². The van der Waals surface area contributed by atoms with Gasteiger partial charge in [0.05, 0.1) is 29.9 Å². The third-order valence-electron chi connectivity index (χ3n) is 4.11. The van der Waals surface area contributed by atoms with Gasteiger partial charge in [-0.1, -0.05) is 23.9 Å². The Balaban J connectivity index is 1.63. The number of ether oxygens (including phenoxy) is 1. The van der Waals surface area contributed by atoms with Crippen LogP contribution in [0, 0.1) is 0 Å². The molecule has 0 saturated carbocycles. The van der Waals surface area contributed by atoms with E-state index in [9.17, 15) is 13.2 Å². The molecule has 140 valence electrons. The monoisotopic (exact) mass is 396 g/mol. The summed E-state index contributed by atoms with van der Waals surface area (Å²) in [6, 6.07) is 7.21. The van der Waals surface area contributed by atoms with Gasteiger partial charge in [0, 0.05) is 13.1 Å². The Morgan fingerprint density at radius 2 is 2.15 bits per heavy atom. The van der Waals surface area contributed by atoms with Crippen molar-refractivity contribution in [2.24, 2.45) is 7.05 Å². The molecule has 1 aliphatic rings. The Morgan fingerprint density at radius 3 is 2.85 bits per heavy atom. The number of carbonyl (C=O) groups is 1. The van der Waals surface area contributed by atoms with Crippen molar-refractivity contribution < 1.29 is 17.9 Å². The zero-order valence-electron chi connectivity index (χ0n) is 14.5. The smallest absolute Gasteiger partial charge is 0.230 e. The van der Waals surface area contributed by atoms with Gasteiger partial charge in [-0.3, -0.25) is 4.79 Å². The molecule has 0 spiro atoms. The van der Waals surface area contributed by atoms with Crippen molar-refractivity contribution in [3.63, 3.8) is 0 Å². The number of para-hydroxylation sites is 1. The molecule has 1 saturated heterocycles. The van der Waals surface area contributed by atoms with E-state index in [1.165, 1.54) is 11.8 Å². The summed E-state index contributed by atoms with van der Waals surface area (Å²) in [6.45, 7) is 0. The predicted octanol–water partition coefficient (Wildman–Crippen LogP) is 0.886. The zero-order valence-corrected chi connectivity index (χ0v) is 16.1. The zero-order chi connectivity index (χ0) is 18.7. The van der Waals surface area contributed by atoms with Crippen LogP contribution in [0.25, 0.3) is 11.4 Å². The van der Waals surface area contributed by atoms with Crippen molar-refractivity contribution in [1.29, 1.82) is 0 Å². The summed E-state index contributed by atoms with van der Waals surface area (Å²) in [5.41, 5.74) is 0.817. The minimum absolute atomic E-state index is 0.0192. The molecule has 26 heavy (non-hydrogen) atoms. The number of rotatable bonds is 6. The lowest BCUT2D eigenvalue weighted by atomic mass is 10.2. The van der Waals surface area contributed by atoms with E-state index in [2.05, 4.69) is 15.5 Å². The fourth-order valence-corrected chi connectivity index (χ4v) is 5.21. The largest absolute Gasteiger partial charge is 0.496 e. The predicted molar refractivity (Wildman–Crippen MR) is 98.9 cm³/mol. The lowest BCUT2D eigenvalue weighted by Gasteiger charge is -2.10. The number of nitrogens with zero attached hydrogens (tertiary/aromatic N) is 3. The van der Waals surface area contributed by atoms with Gasteiger partial charge in [0.2, 0.25) is 5.91 Å². The summed E-state index contributed by atoms with van der Waals surface area (Å²) >= 11 is 1.25. The summed E-state index contributed by atoms with van der Waals surface area (Å²) in [5, 5.41) is 11.7. The van der Waals surface area contributed by atoms with Crippen LogP contribution in [0.4, 0.5) is 0 Å². The Morgan fingerprint density at radius 1 is 1.38 bits per heavy atom. The first-order chi connectivity index (χ1) is 12.4. The lowest BCUT2D eigenvalue weighted by molar-refractivity contribution is -0.119. The molecule has 1 aliphatic heterocycles. The molecule has 1 aromatic heterocycles. The number of amides is 1. The van der Waals surface area contributed by atoms with Crippen LogP contribution >= 0.6 is 11.8 Å². The highest BCUT2D eigenvalue weighted by atomic mass is 32.2. The van der Waals surface area contributed by atoms with E-state index >= 15 is 0 Å². The van der Waals surface area contributed by atoms with Crippen molar-refractivity contribution in [3.05, 3.63) is 24.3 Å². The van der Waals surface area contributed by atoms with Gasteiger partial charge < -0.3 is 14.6 Å². The fourth-order valence-electron chi connectivity index (χ4n) is 2.81. The van der Waals surface area contributed by atoms with Gasteiger partial charge in [0.15, 0.2) is 20.8 Å². The van der Waals surface area contributed by atoms with Gasteiger partial charge in [-0.05, 0) is 18.6 Å². The average molecular weight is 396 g/mol. The van der Waals surface area contributed by atoms with Gasteiger partial charge in [0.25, 0.3) is 0 Å². The van der Waals surface area contributed by atoms with E-state index in [0.29, 0.717) is 23.2 Å². The van der Waals surface area contributed by atoms with E-state index in [1.807, 2.05) is 31.3 Å². The highest BCUT2D eigenvalue weighted by Crippen LogP contribution is 2.29. The lowest BCUT2D eigenvalue weighted by Crippen LogP contribution is -2.36. The maximum absolute atomic E-state index is 12.1. The number of thioether (sulfide) groups is 1. The summed E-state index contributed by atoms with van der Waals surface area (Å²) in [6.07, 6.45) is 0.473. The molecule has 3 rings (SSSR count). The van der Waals surface area contributed by atoms with Gasteiger partial charge in [-0.2, -0.15) is 0 Å². The van der Waals surface area contributed by atoms with Crippen LogP contribution in [0.3, 0.4) is 0 Å². The summed E-state index contributed by atoms with van der Waals surface area (Å²) in [4.78, 5) is 12.1. The Kier molecular flexibility index (Phi) is 5.52. The van der Waals surface area contributed by atoms with Gasteiger partial charge in [0.1, 0.15) is 5.75 Å². The number of carbonyl (C=O) groups excluding carboxylic acids is 1. The van der Waals surface area contributed by atoms with Crippen molar-refractivity contribution >= 4 is 27.5 Å². The number of aromatic nitrogens is 3. The number of hydrogen-bond acceptors (Lipinski definition) is 7. The second kappa shape index (κ2) is 7.67. The maximum atomic E-state index is 12.1. The third-order valence-corrected chi connectivity index (χ3v) is 6.90. The quantitative estimate of drug-likeness (QED) is 0.723. The van der Waals surface area contributed by atoms with Crippen LogP contribution in [0.2, 0.25) is 0 Å². The molecular weight excluding hydrogens is 376 g/mol. The van der Waals surface area contributed by atoms with Crippen molar-refractivity contribution in [2.45, 2.75) is 17.6 Å². The van der Waals surface area contributed by atoms with Gasteiger partial charge >= 0.3 is 0 Å².